The zero-order valence-electron chi connectivity index (χ0n) is 23.1. The number of rotatable bonds is 8. The first-order chi connectivity index (χ1) is 18.4. The minimum absolute atomic E-state index is 0.0910. The van der Waals surface area contributed by atoms with E-state index in [1.807, 2.05) is 32.0 Å². The number of hydrogen-bond donors (Lipinski definition) is 3. The number of anilines is 1. The van der Waals surface area contributed by atoms with Crippen LogP contribution >= 0.6 is 0 Å². The molecule has 1 fully saturated rings. The van der Waals surface area contributed by atoms with Gasteiger partial charge in [0.05, 0.1) is 10.6 Å². The SMILES string of the molecule is Cc1cccc(C)c1-c1cc(=O)[nH]c(NS(=O)(=O)c2cccc(C(=O)N(C)C3CCC(NC(C)C)CC3)c2)n1. The number of aryl methyl sites for hydroxylation is 2. The standard InChI is InChI=1S/C29H37N5O4S/c1-18(2)30-22-12-14-23(15-13-22)34(5)28(36)21-10-7-11-24(16-21)39(37,38)33-29-31-25(17-26(35)32-29)27-19(3)8-6-9-20(27)4/h6-11,16-18,22-23,30H,12-15H2,1-5H3,(H2,31,32,33,35). The number of amides is 1. The highest BCUT2D eigenvalue weighted by molar-refractivity contribution is 7.92. The van der Waals surface area contributed by atoms with Crippen molar-refractivity contribution in [3.05, 3.63) is 75.6 Å². The molecule has 3 aromatic rings. The average Bonchev–Trinajstić information content (AvgIpc) is 2.87. The van der Waals surface area contributed by atoms with E-state index in [1.165, 1.54) is 18.2 Å². The number of aromatic nitrogens is 2. The molecule has 208 valence electrons. The maximum atomic E-state index is 13.3. The second-order valence-corrected chi connectivity index (χ2v) is 12.3. The zero-order chi connectivity index (χ0) is 28.3. The van der Waals surface area contributed by atoms with Crippen molar-refractivity contribution in [3.63, 3.8) is 0 Å². The maximum absolute atomic E-state index is 13.3. The molecule has 1 aromatic heterocycles. The van der Waals surface area contributed by atoms with Gasteiger partial charge < -0.3 is 10.2 Å². The van der Waals surface area contributed by atoms with E-state index < -0.39 is 15.6 Å². The molecule has 4 rings (SSSR count). The van der Waals surface area contributed by atoms with Crippen molar-refractivity contribution >= 4 is 21.9 Å². The minimum atomic E-state index is -4.14. The molecule has 3 N–H and O–H groups in total. The highest BCUT2D eigenvalue weighted by atomic mass is 32.2. The fourth-order valence-electron chi connectivity index (χ4n) is 5.31. The van der Waals surface area contributed by atoms with Crippen LogP contribution in [0.1, 0.15) is 61.0 Å². The van der Waals surface area contributed by atoms with Crippen molar-refractivity contribution in [2.45, 2.75) is 76.4 Å². The summed E-state index contributed by atoms with van der Waals surface area (Å²) in [5.74, 6) is -0.420. The molecule has 0 radical (unpaired) electrons. The van der Waals surface area contributed by atoms with Gasteiger partial charge in [-0.05, 0) is 68.9 Å². The van der Waals surface area contributed by atoms with Gasteiger partial charge in [0.1, 0.15) is 0 Å². The van der Waals surface area contributed by atoms with Crippen molar-refractivity contribution in [2.75, 3.05) is 11.8 Å². The number of benzene rings is 2. The summed E-state index contributed by atoms with van der Waals surface area (Å²) < 4.78 is 28.9. The van der Waals surface area contributed by atoms with E-state index in [0.29, 0.717) is 17.8 Å². The van der Waals surface area contributed by atoms with Crippen LogP contribution in [0.15, 0.2) is 58.2 Å². The van der Waals surface area contributed by atoms with Gasteiger partial charge in [0.25, 0.3) is 21.5 Å². The molecule has 39 heavy (non-hydrogen) atoms. The van der Waals surface area contributed by atoms with Gasteiger partial charge in [-0.1, -0.05) is 38.1 Å². The van der Waals surface area contributed by atoms with Gasteiger partial charge >= 0.3 is 0 Å². The topological polar surface area (TPSA) is 124 Å². The minimum Gasteiger partial charge on any atom is -0.339 e. The highest BCUT2D eigenvalue weighted by Crippen LogP contribution is 2.27. The predicted molar refractivity (Wildman–Crippen MR) is 153 cm³/mol. The molecule has 9 nitrogen and oxygen atoms in total. The number of carbonyl (C=O) groups excluding carboxylic acids is 1. The molecule has 1 aliphatic rings. The van der Waals surface area contributed by atoms with Crippen LogP contribution in [0, 0.1) is 13.8 Å². The van der Waals surface area contributed by atoms with Crippen LogP contribution < -0.4 is 15.6 Å². The van der Waals surface area contributed by atoms with Gasteiger partial charge in [-0.15, -0.1) is 0 Å². The van der Waals surface area contributed by atoms with Crippen LogP contribution in [0.4, 0.5) is 5.95 Å². The molecule has 1 heterocycles. The van der Waals surface area contributed by atoms with Crippen molar-refractivity contribution in [1.82, 2.24) is 20.2 Å². The third-order valence-electron chi connectivity index (χ3n) is 7.24. The molecule has 0 unspecified atom stereocenters. The van der Waals surface area contributed by atoms with E-state index >= 15 is 0 Å². The number of hydrogen-bond acceptors (Lipinski definition) is 6. The van der Waals surface area contributed by atoms with Gasteiger partial charge in [-0.3, -0.25) is 14.6 Å². The van der Waals surface area contributed by atoms with E-state index in [-0.39, 0.29) is 28.4 Å². The lowest BCUT2D eigenvalue weighted by Crippen LogP contribution is -2.44. The van der Waals surface area contributed by atoms with Gasteiger partial charge in [-0.25, -0.2) is 18.1 Å². The molecule has 1 aliphatic carbocycles. The average molecular weight is 552 g/mol. The summed E-state index contributed by atoms with van der Waals surface area (Å²) >= 11 is 0. The van der Waals surface area contributed by atoms with Gasteiger partial charge in [-0.2, -0.15) is 0 Å². The third kappa shape index (κ3) is 6.75. The van der Waals surface area contributed by atoms with Crippen molar-refractivity contribution < 1.29 is 13.2 Å². The Hall–Kier alpha value is -3.50. The lowest BCUT2D eigenvalue weighted by Gasteiger charge is -2.35. The molecule has 0 bridgehead atoms. The van der Waals surface area contributed by atoms with Gasteiger partial charge in [0.2, 0.25) is 5.95 Å². The van der Waals surface area contributed by atoms with Crippen molar-refractivity contribution in [2.24, 2.45) is 0 Å². The van der Waals surface area contributed by atoms with Crippen LogP contribution in [-0.4, -0.2) is 54.4 Å². The molecule has 1 saturated carbocycles. The van der Waals surface area contributed by atoms with Crippen LogP contribution in [0.2, 0.25) is 0 Å². The van der Waals surface area contributed by atoms with E-state index in [9.17, 15) is 18.0 Å². The smallest absolute Gasteiger partial charge is 0.264 e. The normalized spacial score (nSPS) is 17.7. The summed E-state index contributed by atoms with van der Waals surface area (Å²) in [6.45, 7) is 8.08. The number of carbonyl (C=O) groups is 1. The molecular formula is C29H37N5O4S. The van der Waals surface area contributed by atoms with E-state index in [2.05, 4.69) is 33.9 Å². The Balaban J connectivity index is 1.52. The number of nitrogens with one attached hydrogen (secondary N) is 3. The molecular weight excluding hydrogens is 514 g/mol. The van der Waals surface area contributed by atoms with Gasteiger partial charge in [0.15, 0.2) is 0 Å². The number of nitrogens with zero attached hydrogens (tertiary/aromatic N) is 2. The molecule has 1 amide bonds. The maximum Gasteiger partial charge on any atom is 0.264 e. The Labute approximate surface area is 230 Å². The van der Waals surface area contributed by atoms with E-state index in [1.54, 1.807) is 24.1 Å². The van der Waals surface area contributed by atoms with Crippen molar-refractivity contribution in [3.8, 4) is 11.3 Å². The van der Waals surface area contributed by atoms with Gasteiger partial charge in [0, 0.05) is 42.4 Å². The summed E-state index contributed by atoms with van der Waals surface area (Å²) in [6, 6.07) is 14.0. The molecule has 0 saturated heterocycles. The molecule has 2 aromatic carbocycles. The second-order valence-electron chi connectivity index (χ2n) is 10.6. The summed E-state index contributed by atoms with van der Waals surface area (Å²) in [6.07, 6.45) is 3.76. The quantitative estimate of drug-likeness (QED) is 0.385. The first-order valence-electron chi connectivity index (χ1n) is 13.3. The lowest BCUT2D eigenvalue weighted by molar-refractivity contribution is 0.0682. The Morgan fingerprint density at radius 1 is 1.03 bits per heavy atom. The molecule has 0 spiro atoms. The number of H-pyrrole nitrogens is 1. The second kappa shape index (κ2) is 11.7. The largest absolute Gasteiger partial charge is 0.339 e. The molecule has 10 heteroatoms. The molecule has 0 aliphatic heterocycles. The fraction of sp³-hybridized carbons (Fsp3) is 0.414. The Bertz CT molecular complexity index is 1490. The first-order valence-corrected chi connectivity index (χ1v) is 14.8. The van der Waals surface area contributed by atoms with E-state index in [4.69, 9.17) is 0 Å². The Morgan fingerprint density at radius 3 is 2.31 bits per heavy atom. The summed E-state index contributed by atoms with van der Waals surface area (Å²) in [5, 5.41) is 3.56. The monoisotopic (exact) mass is 551 g/mol. The lowest BCUT2D eigenvalue weighted by atomic mass is 9.89. The van der Waals surface area contributed by atoms with Crippen molar-refractivity contribution in [1.29, 1.82) is 0 Å². The molecule has 0 atom stereocenters. The summed E-state index contributed by atoms with van der Waals surface area (Å²) in [4.78, 5) is 34.1. The van der Waals surface area contributed by atoms with Crippen LogP contribution in [0.25, 0.3) is 11.3 Å². The van der Waals surface area contributed by atoms with Crippen LogP contribution in [0.5, 0.6) is 0 Å². The first kappa shape index (κ1) is 28.5. The fourth-order valence-corrected chi connectivity index (χ4v) is 6.31. The Morgan fingerprint density at radius 2 is 1.67 bits per heavy atom. The predicted octanol–water partition coefficient (Wildman–Crippen LogP) is 4.24. The Kier molecular flexibility index (Phi) is 8.56. The third-order valence-corrected chi connectivity index (χ3v) is 8.57. The highest BCUT2D eigenvalue weighted by Gasteiger charge is 2.28. The summed E-state index contributed by atoms with van der Waals surface area (Å²) in [7, 11) is -2.36. The zero-order valence-corrected chi connectivity index (χ0v) is 23.9. The van der Waals surface area contributed by atoms with E-state index in [0.717, 1.165) is 42.4 Å². The number of aromatic amines is 1. The summed E-state index contributed by atoms with van der Waals surface area (Å²) in [5.41, 5.74) is 2.78. The van der Waals surface area contributed by atoms with Crippen LogP contribution in [0.3, 0.4) is 0 Å². The van der Waals surface area contributed by atoms with Crippen LogP contribution in [-0.2, 0) is 10.0 Å². The number of sulfonamides is 1.